The molecule has 0 saturated carbocycles. The quantitative estimate of drug-likeness (QED) is 0.751. The molecular weight excluding hydrogens is 324 g/mol. The molecule has 3 aromatic rings. The summed E-state index contributed by atoms with van der Waals surface area (Å²) in [6.07, 6.45) is 0. The summed E-state index contributed by atoms with van der Waals surface area (Å²) in [7, 11) is 0. The molecule has 1 heterocycles. The van der Waals surface area contributed by atoms with E-state index in [4.69, 9.17) is 5.11 Å². The SMILES string of the molecule is Cc1cccc(C(=O)Nc2ccc(-c3nc(C(=O)O)cs3)cc2)c1. The van der Waals surface area contributed by atoms with Gasteiger partial charge in [0.15, 0.2) is 5.69 Å². The summed E-state index contributed by atoms with van der Waals surface area (Å²) in [6.45, 7) is 1.94. The van der Waals surface area contributed by atoms with Crippen molar-refractivity contribution < 1.29 is 14.7 Å². The summed E-state index contributed by atoms with van der Waals surface area (Å²) in [5.74, 6) is -1.21. The number of anilines is 1. The number of nitrogens with one attached hydrogen (secondary N) is 1. The Balaban J connectivity index is 1.74. The number of hydrogen-bond acceptors (Lipinski definition) is 4. The molecule has 2 aromatic carbocycles. The number of carbonyl (C=O) groups excluding carboxylic acids is 1. The minimum atomic E-state index is -1.04. The molecule has 0 radical (unpaired) electrons. The number of carboxylic acid groups (broad SMARTS) is 1. The lowest BCUT2D eigenvalue weighted by atomic mass is 10.1. The Bertz CT molecular complexity index is 901. The van der Waals surface area contributed by atoms with Gasteiger partial charge in [-0.2, -0.15) is 0 Å². The number of nitrogens with zero attached hydrogens (tertiary/aromatic N) is 1. The Morgan fingerprint density at radius 1 is 1.12 bits per heavy atom. The maximum atomic E-state index is 12.2. The molecule has 0 aliphatic rings. The molecule has 5 nitrogen and oxygen atoms in total. The summed E-state index contributed by atoms with van der Waals surface area (Å²) in [5.41, 5.74) is 3.13. The predicted molar refractivity (Wildman–Crippen MR) is 93.6 cm³/mol. The molecule has 2 N–H and O–H groups in total. The van der Waals surface area contributed by atoms with Crippen LogP contribution in [-0.4, -0.2) is 22.0 Å². The third-order valence-corrected chi connectivity index (χ3v) is 4.28. The van der Waals surface area contributed by atoms with E-state index in [9.17, 15) is 9.59 Å². The Hall–Kier alpha value is -2.99. The van der Waals surface area contributed by atoms with Gasteiger partial charge in [0.1, 0.15) is 5.01 Å². The van der Waals surface area contributed by atoms with Gasteiger partial charge in [0.05, 0.1) is 0 Å². The second kappa shape index (κ2) is 6.64. The number of rotatable bonds is 4. The second-order valence-electron chi connectivity index (χ2n) is 5.24. The van der Waals surface area contributed by atoms with E-state index >= 15 is 0 Å². The van der Waals surface area contributed by atoms with Crippen molar-refractivity contribution in [1.29, 1.82) is 0 Å². The van der Waals surface area contributed by atoms with E-state index in [1.807, 2.05) is 25.1 Å². The van der Waals surface area contributed by atoms with Crippen LogP contribution in [0, 0.1) is 6.92 Å². The van der Waals surface area contributed by atoms with Crippen molar-refractivity contribution in [3.8, 4) is 10.6 Å². The largest absolute Gasteiger partial charge is 0.476 e. The molecule has 0 saturated heterocycles. The molecule has 0 aliphatic heterocycles. The number of aromatic nitrogens is 1. The molecular formula is C18H14N2O3S. The van der Waals surface area contributed by atoms with Gasteiger partial charge in [0.25, 0.3) is 5.91 Å². The predicted octanol–water partition coefficient (Wildman–Crippen LogP) is 4.07. The third-order valence-electron chi connectivity index (χ3n) is 3.39. The fourth-order valence-corrected chi connectivity index (χ4v) is 2.99. The van der Waals surface area contributed by atoms with Crippen LogP contribution in [0.4, 0.5) is 5.69 Å². The lowest BCUT2D eigenvalue weighted by molar-refractivity contribution is 0.0691. The van der Waals surface area contributed by atoms with Gasteiger partial charge in [-0.25, -0.2) is 9.78 Å². The van der Waals surface area contributed by atoms with E-state index < -0.39 is 5.97 Å². The lowest BCUT2D eigenvalue weighted by Crippen LogP contribution is -2.11. The van der Waals surface area contributed by atoms with Gasteiger partial charge < -0.3 is 10.4 Å². The topological polar surface area (TPSA) is 79.3 Å². The molecule has 0 atom stereocenters. The summed E-state index contributed by atoms with van der Waals surface area (Å²) < 4.78 is 0. The number of benzene rings is 2. The smallest absolute Gasteiger partial charge is 0.355 e. The Morgan fingerprint density at radius 2 is 1.88 bits per heavy atom. The van der Waals surface area contributed by atoms with Crippen molar-refractivity contribution in [2.45, 2.75) is 6.92 Å². The Morgan fingerprint density at radius 3 is 2.50 bits per heavy atom. The molecule has 0 spiro atoms. The van der Waals surface area contributed by atoms with E-state index in [0.717, 1.165) is 11.1 Å². The first-order valence-electron chi connectivity index (χ1n) is 7.20. The first-order chi connectivity index (χ1) is 11.5. The second-order valence-corrected chi connectivity index (χ2v) is 6.10. The van der Waals surface area contributed by atoms with Crippen molar-refractivity contribution in [3.63, 3.8) is 0 Å². The highest BCUT2D eigenvalue weighted by atomic mass is 32.1. The van der Waals surface area contributed by atoms with Crippen LogP contribution < -0.4 is 5.32 Å². The van der Waals surface area contributed by atoms with Crippen LogP contribution in [0.2, 0.25) is 0 Å². The van der Waals surface area contributed by atoms with Gasteiger partial charge in [0, 0.05) is 22.2 Å². The van der Waals surface area contributed by atoms with Gasteiger partial charge in [-0.15, -0.1) is 11.3 Å². The fraction of sp³-hybridized carbons (Fsp3) is 0.0556. The van der Waals surface area contributed by atoms with E-state index in [-0.39, 0.29) is 11.6 Å². The number of hydrogen-bond donors (Lipinski definition) is 2. The molecule has 3 rings (SSSR count). The van der Waals surface area contributed by atoms with Gasteiger partial charge in [0.2, 0.25) is 0 Å². The third kappa shape index (κ3) is 3.49. The molecule has 1 aromatic heterocycles. The van der Waals surface area contributed by atoms with E-state index in [0.29, 0.717) is 16.3 Å². The zero-order valence-corrected chi connectivity index (χ0v) is 13.6. The Labute approximate surface area is 142 Å². The molecule has 120 valence electrons. The number of carboxylic acids is 1. The highest BCUT2D eigenvalue weighted by molar-refractivity contribution is 7.13. The molecule has 0 aliphatic carbocycles. The van der Waals surface area contributed by atoms with E-state index in [1.165, 1.54) is 16.7 Å². The van der Waals surface area contributed by atoms with Crippen LogP contribution in [-0.2, 0) is 0 Å². The van der Waals surface area contributed by atoms with E-state index in [1.54, 1.807) is 30.3 Å². The van der Waals surface area contributed by atoms with Gasteiger partial charge in [-0.1, -0.05) is 17.7 Å². The van der Waals surface area contributed by atoms with E-state index in [2.05, 4.69) is 10.3 Å². The number of aromatic carboxylic acids is 1. The summed E-state index contributed by atoms with van der Waals surface area (Å²) in [4.78, 5) is 27.1. The zero-order valence-electron chi connectivity index (χ0n) is 12.8. The van der Waals surface area contributed by atoms with Crippen LogP contribution in [0.15, 0.2) is 53.9 Å². The van der Waals surface area contributed by atoms with Crippen LogP contribution in [0.1, 0.15) is 26.4 Å². The van der Waals surface area contributed by atoms with Crippen molar-refractivity contribution >= 4 is 28.9 Å². The highest BCUT2D eigenvalue weighted by Crippen LogP contribution is 2.25. The Kier molecular flexibility index (Phi) is 4.39. The highest BCUT2D eigenvalue weighted by Gasteiger charge is 2.11. The monoisotopic (exact) mass is 338 g/mol. The minimum Gasteiger partial charge on any atom is -0.476 e. The number of thiazole rings is 1. The summed E-state index contributed by atoms with van der Waals surface area (Å²) in [5, 5.41) is 13.9. The van der Waals surface area contributed by atoms with Gasteiger partial charge >= 0.3 is 5.97 Å². The van der Waals surface area contributed by atoms with Gasteiger partial charge in [-0.05, 0) is 43.3 Å². The molecule has 24 heavy (non-hydrogen) atoms. The maximum absolute atomic E-state index is 12.2. The van der Waals surface area contributed by atoms with Crippen molar-refractivity contribution in [2.75, 3.05) is 5.32 Å². The molecule has 0 unspecified atom stereocenters. The molecule has 0 fully saturated rings. The average Bonchev–Trinajstić information content (AvgIpc) is 3.06. The summed E-state index contributed by atoms with van der Waals surface area (Å²) in [6, 6.07) is 14.5. The first-order valence-corrected chi connectivity index (χ1v) is 8.08. The van der Waals surface area contributed by atoms with Crippen LogP contribution in [0.5, 0.6) is 0 Å². The van der Waals surface area contributed by atoms with Crippen LogP contribution >= 0.6 is 11.3 Å². The average molecular weight is 338 g/mol. The normalized spacial score (nSPS) is 10.4. The van der Waals surface area contributed by atoms with Gasteiger partial charge in [-0.3, -0.25) is 4.79 Å². The number of aryl methyl sites for hydroxylation is 1. The standard InChI is InChI=1S/C18H14N2O3S/c1-11-3-2-4-13(9-11)16(21)19-14-7-5-12(6-8-14)17-20-15(10-24-17)18(22)23/h2-10H,1H3,(H,19,21)(H,22,23). The van der Waals surface area contributed by atoms with Crippen molar-refractivity contribution in [2.24, 2.45) is 0 Å². The minimum absolute atomic E-state index is 0.0341. The van der Waals surface area contributed by atoms with Crippen molar-refractivity contribution in [3.05, 3.63) is 70.7 Å². The summed E-state index contributed by atoms with van der Waals surface area (Å²) >= 11 is 1.27. The van der Waals surface area contributed by atoms with Crippen LogP contribution in [0.3, 0.4) is 0 Å². The molecule has 0 bridgehead atoms. The fourth-order valence-electron chi connectivity index (χ4n) is 2.19. The van der Waals surface area contributed by atoms with Crippen molar-refractivity contribution in [1.82, 2.24) is 4.98 Å². The number of carbonyl (C=O) groups is 2. The first kappa shape index (κ1) is 15.9. The lowest BCUT2D eigenvalue weighted by Gasteiger charge is -2.06. The number of amides is 1. The zero-order chi connectivity index (χ0) is 17.1. The molecule has 1 amide bonds. The van der Waals surface area contributed by atoms with Crippen LogP contribution in [0.25, 0.3) is 10.6 Å². The molecule has 6 heteroatoms. The maximum Gasteiger partial charge on any atom is 0.355 e.